The highest BCUT2D eigenvalue weighted by atomic mass is 16.6. The molecule has 0 unspecified atom stereocenters. The molecule has 2 rings (SSSR count). The first-order chi connectivity index (χ1) is 7.59. The number of aromatic nitrogens is 1. The number of non-ortho nitro benzene ring substituents is 1. The van der Waals surface area contributed by atoms with Gasteiger partial charge in [-0.05, 0) is 12.0 Å². The van der Waals surface area contributed by atoms with Crippen molar-refractivity contribution in [2.75, 3.05) is 0 Å². The van der Waals surface area contributed by atoms with E-state index in [9.17, 15) is 10.1 Å². The number of nitro groups is 1. The Morgan fingerprint density at radius 1 is 1.38 bits per heavy atom. The highest BCUT2D eigenvalue weighted by molar-refractivity contribution is 5.88. The van der Waals surface area contributed by atoms with Crippen LogP contribution in [0.3, 0.4) is 0 Å². The summed E-state index contributed by atoms with van der Waals surface area (Å²) in [5.41, 5.74) is 0.907. The number of rotatable bonds is 3. The average Bonchev–Trinajstić information content (AvgIpc) is 2.60. The van der Waals surface area contributed by atoms with Gasteiger partial charge in [0.25, 0.3) is 5.69 Å². The topological polar surface area (TPSA) is 48.1 Å². The van der Waals surface area contributed by atoms with Crippen LogP contribution < -0.4 is 0 Å². The van der Waals surface area contributed by atoms with Gasteiger partial charge in [-0.15, -0.1) is 0 Å². The molecule has 1 heterocycles. The Hall–Kier alpha value is -1.84. The third-order valence-electron chi connectivity index (χ3n) is 2.53. The maximum absolute atomic E-state index is 10.9. The summed E-state index contributed by atoms with van der Waals surface area (Å²) in [5.74, 6) is 0.468. The lowest BCUT2D eigenvalue weighted by molar-refractivity contribution is -0.383. The first-order valence-electron chi connectivity index (χ1n) is 5.32. The van der Waals surface area contributed by atoms with E-state index in [1.54, 1.807) is 12.1 Å². The molecule has 0 aliphatic rings. The van der Waals surface area contributed by atoms with Gasteiger partial charge in [0.2, 0.25) is 0 Å². The van der Waals surface area contributed by atoms with Crippen molar-refractivity contribution in [2.45, 2.75) is 20.4 Å². The van der Waals surface area contributed by atoms with Crippen LogP contribution in [0.15, 0.2) is 30.5 Å². The molecule has 4 nitrogen and oxygen atoms in total. The molecule has 0 spiro atoms. The van der Waals surface area contributed by atoms with E-state index in [2.05, 4.69) is 13.8 Å². The molecule has 2 aromatic rings. The predicted molar refractivity (Wildman–Crippen MR) is 63.4 cm³/mol. The largest absolute Gasteiger partial charge is 0.342 e. The van der Waals surface area contributed by atoms with Crippen LogP contribution in [0, 0.1) is 16.0 Å². The predicted octanol–water partition coefficient (Wildman–Crippen LogP) is 3.21. The molecule has 1 aromatic heterocycles. The standard InChI is InChI=1S/C12H14N2O2/c1-9(2)8-13-7-6-10-4-3-5-11(12(10)13)14(15)16/h3-7,9H,8H2,1-2H3. The zero-order valence-electron chi connectivity index (χ0n) is 9.38. The molecule has 0 aliphatic heterocycles. The minimum atomic E-state index is -0.320. The van der Waals surface area contributed by atoms with Gasteiger partial charge < -0.3 is 4.57 Å². The van der Waals surface area contributed by atoms with Crippen LogP contribution in [0.5, 0.6) is 0 Å². The Morgan fingerprint density at radius 3 is 2.75 bits per heavy atom. The van der Waals surface area contributed by atoms with E-state index >= 15 is 0 Å². The lowest BCUT2D eigenvalue weighted by Gasteiger charge is -2.08. The van der Waals surface area contributed by atoms with Crippen LogP contribution in [-0.4, -0.2) is 9.49 Å². The fourth-order valence-electron chi connectivity index (χ4n) is 1.93. The van der Waals surface area contributed by atoms with E-state index in [-0.39, 0.29) is 10.6 Å². The third kappa shape index (κ3) is 1.78. The lowest BCUT2D eigenvalue weighted by Crippen LogP contribution is -2.04. The second-order valence-corrected chi connectivity index (χ2v) is 4.33. The van der Waals surface area contributed by atoms with Crippen LogP contribution in [0.4, 0.5) is 5.69 Å². The van der Waals surface area contributed by atoms with E-state index in [0.717, 1.165) is 17.4 Å². The minimum absolute atomic E-state index is 0.183. The van der Waals surface area contributed by atoms with Crippen molar-refractivity contribution in [3.63, 3.8) is 0 Å². The first kappa shape index (κ1) is 10.7. The number of hydrogen-bond acceptors (Lipinski definition) is 2. The monoisotopic (exact) mass is 218 g/mol. The summed E-state index contributed by atoms with van der Waals surface area (Å²) in [5, 5.41) is 11.9. The Balaban J connectivity index is 2.63. The molecule has 0 saturated carbocycles. The van der Waals surface area contributed by atoms with Crippen molar-refractivity contribution in [1.82, 2.24) is 4.57 Å². The molecule has 0 amide bonds. The molecule has 0 saturated heterocycles. The molecule has 0 bridgehead atoms. The van der Waals surface area contributed by atoms with Crippen molar-refractivity contribution in [3.8, 4) is 0 Å². The minimum Gasteiger partial charge on any atom is -0.342 e. The Morgan fingerprint density at radius 2 is 2.12 bits per heavy atom. The SMILES string of the molecule is CC(C)Cn1ccc2cccc([N+](=O)[O-])c21. The summed E-state index contributed by atoms with van der Waals surface area (Å²) in [6.07, 6.45) is 1.91. The molecule has 0 atom stereocenters. The summed E-state index contributed by atoms with van der Waals surface area (Å²) in [6.45, 7) is 5.00. The summed E-state index contributed by atoms with van der Waals surface area (Å²) < 4.78 is 1.96. The van der Waals surface area contributed by atoms with Crippen molar-refractivity contribution in [3.05, 3.63) is 40.6 Å². The molecule has 4 heteroatoms. The molecule has 1 aromatic carbocycles. The van der Waals surface area contributed by atoms with Crippen LogP contribution in [0.2, 0.25) is 0 Å². The van der Waals surface area contributed by atoms with E-state index in [1.807, 2.05) is 22.9 Å². The molecule has 0 radical (unpaired) electrons. The van der Waals surface area contributed by atoms with Gasteiger partial charge in [0.15, 0.2) is 0 Å². The van der Waals surface area contributed by atoms with Crippen molar-refractivity contribution in [1.29, 1.82) is 0 Å². The van der Waals surface area contributed by atoms with Crippen LogP contribution in [0.25, 0.3) is 10.9 Å². The van der Waals surface area contributed by atoms with E-state index in [1.165, 1.54) is 0 Å². The maximum Gasteiger partial charge on any atom is 0.293 e. The van der Waals surface area contributed by atoms with E-state index in [0.29, 0.717) is 5.92 Å². The fourth-order valence-corrected chi connectivity index (χ4v) is 1.93. The van der Waals surface area contributed by atoms with Gasteiger partial charge in [0.05, 0.1) is 4.92 Å². The summed E-state index contributed by atoms with van der Waals surface area (Å²) in [4.78, 5) is 10.6. The summed E-state index contributed by atoms with van der Waals surface area (Å²) in [7, 11) is 0. The molecular formula is C12H14N2O2. The van der Waals surface area contributed by atoms with Crippen LogP contribution in [-0.2, 0) is 6.54 Å². The normalized spacial score (nSPS) is 11.2. The van der Waals surface area contributed by atoms with Gasteiger partial charge in [-0.1, -0.05) is 26.0 Å². The van der Waals surface area contributed by atoms with Crippen molar-refractivity contribution < 1.29 is 4.92 Å². The summed E-state index contributed by atoms with van der Waals surface area (Å²) in [6, 6.07) is 7.10. The van der Waals surface area contributed by atoms with Gasteiger partial charge in [0, 0.05) is 24.2 Å². The van der Waals surface area contributed by atoms with Gasteiger partial charge in [0.1, 0.15) is 5.52 Å². The second-order valence-electron chi connectivity index (χ2n) is 4.33. The van der Waals surface area contributed by atoms with Gasteiger partial charge in [-0.2, -0.15) is 0 Å². The number of hydrogen-bond donors (Lipinski definition) is 0. The molecular weight excluding hydrogens is 204 g/mol. The lowest BCUT2D eigenvalue weighted by atomic mass is 10.2. The van der Waals surface area contributed by atoms with Crippen molar-refractivity contribution >= 4 is 16.6 Å². The average molecular weight is 218 g/mol. The first-order valence-corrected chi connectivity index (χ1v) is 5.32. The van der Waals surface area contributed by atoms with Gasteiger partial charge >= 0.3 is 0 Å². The van der Waals surface area contributed by atoms with Gasteiger partial charge in [-0.3, -0.25) is 10.1 Å². The fraction of sp³-hybridized carbons (Fsp3) is 0.333. The highest BCUT2D eigenvalue weighted by Crippen LogP contribution is 2.26. The smallest absolute Gasteiger partial charge is 0.293 e. The zero-order chi connectivity index (χ0) is 11.7. The Labute approximate surface area is 93.6 Å². The molecule has 16 heavy (non-hydrogen) atoms. The third-order valence-corrected chi connectivity index (χ3v) is 2.53. The number of benzene rings is 1. The van der Waals surface area contributed by atoms with E-state index < -0.39 is 0 Å². The Bertz CT molecular complexity index is 529. The zero-order valence-corrected chi connectivity index (χ0v) is 9.38. The molecule has 0 N–H and O–H groups in total. The maximum atomic E-state index is 10.9. The number of para-hydroxylation sites is 1. The quantitative estimate of drug-likeness (QED) is 0.586. The van der Waals surface area contributed by atoms with Crippen molar-refractivity contribution in [2.24, 2.45) is 5.92 Å². The molecule has 0 aliphatic carbocycles. The summed E-state index contributed by atoms with van der Waals surface area (Å²) >= 11 is 0. The second kappa shape index (κ2) is 3.96. The number of fused-ring (bicyclic) bond motifs is 1. The number of nitro benzene ring substituents is 1. The van der Waals surface area contributed by atoms with Crippen LogP contribution in [0.1, 0.15) is 13.8 Å². The van der Waals surface area contributed by atoms with E-state index in [4.69, 9.17) is 0 Å². The Kier molecular flexibility index (Phi) is 2.64. The number of nitrogens with zero attached hydrogens (tertiary/aromatic N) is 2. The molecule has 0 fully saturated rings. The van der Waals surface area contributed by atoms with Gasteiger partial charge in [-0.25, -0.2) is 0 Å². The highest BCUT2D eigenvalue weighted by Gasteiger charge is 2.15. The molecule has 84 valence electrons. The van der Waals surface area contributed by atoms with Crippen LogP contribution >= 0.6 is 0 Å².